The van der Waals surface area contributed by atoms with E-state index < -0.39 is 0 Å². The summed E-state index contributed by atoms with van der Waals surface area (Å²) in [7, 11) is 0. The third-order valence-corrected chi connectivity index (χ3v) is 9.11. The van der Waals surface area contributed by atoms with Crippen molar-refractivity contribution in [3.63, 3.8) is 0 Å². The quantitative estimate of drug-likeness (QED) is 0.190. The molecule has 9 rings (SSSR count). The molecule has 0 amide bonds. The standard InChI is InChI=1S/C44H26N4O2/c45-27-29-17-21-31(22-18-29)33-25-39(47-35-9-1-5-13-41(35)49-42-14-6-2-10-36(42)47)40(26-34(33)32-23-19-30(28-46)20-24-32)48-37-11-3-7-15-43(37)50-44-16-8-4-12-38(44)48/h1-26H. The molecule has 0 aliphatic carbocycles. The van der Waals surface area contributed by atoms with Crippen LogP contribution in [0.4, 0.5) is 34.1 Å². The topological polar surface area (TPSA) is 72.5 Å². The third kappa shape index (κ3) is 4.72. The summed E-state index contributed by atoms with van der Waals surface area (Å²) in [6, 6.07) is 56.6. The average Bonchev–Trinajstić information content (AvgIpc) is 3.18. The zero-order valence-electron chi connectivity index (χ0n) is 26.6. The zero-order chi connectivity index (χ0) is 33.6. The summed E-state index contributed by atoms with van der Waals surface area (Å²) in [6.07, 6.45) is 0. The van der Waals surface area contributed by atoms with Gasteiger partial charge in [-0.05, 0) is 107 Å². The summed E-state index contributed by atoms with van der Waals surface area (Å²) in [5.74, 6) is 2.99. The molecule has 0 N–H and O–H groups in total. The first kappa shape index (κ1) is 28.9. The maximum atomic E-state index is 9.61. The zero-order valence-corrected chi connectivity index (χ0v) is 26.6. The van der Waals surface area contributed by atoms with Gasteiger partial charge in [0, 0.05) is 0 Å². The number of hydrogen-bond donors (Lipinski definition) is 0. The second-order valence-electron chi connectivity index (χ2n) is 12.0. The van der Waals surface area contributed by atoms with Crippen molar-refractivity contribution in [1.82, 2.24) is 0 Å². The molecule has 50 heavy (non-hydrogen) atoms. The van der Waals surface area contributed by atoms with E-state index in [2.05, 4.69) is 58.3 Å². The third-order valence-electron chi connectivity index (χ3n) is 9.11. The number of ether oxygens (including phenoxy) is 2. The molecule has 2 heterocycles. The van der Waals surface area contributed by atoms with Crippen LogP contribution in [0.15, 0.2) is 158 Å². The Labute approximate surface area is 289 Å². The van der Waals surface area contributed by atoms with E-state index in [1.165, 1.54) is 0 Å². The number of nitrogens with zero attached hydrogens (tertiary/aromatic N) is 4. The van der Waals surface area contributed by atoms with E-state index in [4.69, 9.17) is 9.47 Å². The molecule has 2 aliphatic heterocycles. The predicted molar refractivity (Wildman–Crippen MR) is 196 cm³/mol. The van der Waals surface area contributed by atoms with Crippen LogP contribution in [0.1, 0.15) is 11.1 Å². The maximum absolute atomic E-state index is 9.61. The minimum atomic E-state index is 0.586. The van der Waals surface area contributed by atoms with Gasteiger partial charge in [0.2, 0.25) is 0 Å². The maximum Gasteiger partial charge on any atom is 0.151 e. The lowest BCUT2D eigenvalue weighted by Crippen LogP contribution is -2.21. The molecule has 0 atom stereocenters. The van der Waals surface area contributed by atoms with Gasteiger partial charge in [0.15, 0.2) is 23.0 Å². The van der Waals surface area contributed by atoms with Crippen LogP contribution in [0.5, 0.6) is 23.0 Å². The molecule has 2 aliphatic rings. The van der Waals surface area contributed by atoms with Crippen LogP contribution < -0.4 is 19.3 Å². The van der Waals surface area contributed by atoms with Crippen LogP contribution in [0.3, 0.4) is 0 Å². The van der Waals surface area contributed by atoms with Gasteiger partial charge in [0.25, 0.3) is 0 Å². The molecule has 6 heteroatoms. The van der Waals surface area contributed by atoms with Gasteiger partial charge in [-0.15, -0.1) is 0 Å². The molecule has 0 bridgehead atoms. The first-order valence-electron chi connectivity index (χ1n) is 16.2. The Morgan fingerprint density at radius 1 is 0.360 bits per heavy atom. The molecule has 0 radical (unpaired) electrons. The molecule has 6 nitrogen and oxygen atoms in total. The fourth-order valence-corrected chi connectivity index (χ4v) is 6.79. The summed E-state index contributed by atoms with van der Waals surface area (Å²) >= 11 is 0. The Bertz CT molecular complexity index is 2260. The number of benzene rings is 7. The van der Waals surface area contributed by atoms with Crippen molar-refractivity contribution in [2.45, 2.75) is 0 Å². The van der Waals surface area contributed by atoms with Crippen LogP contribution in [-0.2, 0) is 0 Å². The highest BCUT2D eigenvalue weighted by molar-refractivity contribution is 6.02. The molecule has 7 aromatic rings. The Balaban J connectivity index is 1.41. The smallest absolute Gasteiger partial charge is 0.151 e. The highest BCUT2D eigenvalue weighted by atomic mass is 16.5. The predicted octanol–water partition coefficient (Wildman–Crippen LogP) is 11.9. The van der Waals surface area contributed by atoms with Gasteiger partial charge in [0.1, 0.15) is 0 Å². The Kier molecular flexibility index (Phi) is 6.79. The van der Waals surface area contributed by atoms with E-state index in [-0.39, 0.29) is 0 Å². The average molecular weight is 643 g/mol. The van der Waals surface area contributed by atoms with E-state index in [0.717, 1.165) is 79.4 Å². The molecular formula is C44H26N4O2. The minimum Gasteiger partial charge on any atom is -0.453 e. The van der Waals surface area contributed by atoms with Crippen molar-refractivity contribution in [1.29, 1.82) is 10.5 Å². The molecule has 0 aromatic heterocycles. The summed E-state index contributed by atoms with van der Waals surface area (Å²) in [5.41, 5.74) is 10.4. The van der Waals surface area contributed by atoms with Crippen molar-refractivity contribution in [3.8, 4) is 57.4 Å². The summed E-state index contributed by atoms with van der Waals surface area (Å²) < 4.78 is 12.9. The van der Waals surface area contributed by atoms with E-state index >= 15 is 0 Å². The second-order valence-corrected chi connectivity index (χ2v) is 12.0. The van der Waals surface area contributed by atoms with Gasteiger partial charge in [-0.3, -0.25) is 0 Å². The van der Waals surface area contributed by atoms with E-state index in [1.807, 2.05) is 121 Å². The van der Waals surface area contributed by atoms with Gasteiger partial charge in [-0.2, -0.15) is 10.5 Å². The number of anilines is 6. The largest absolute Gasteiger partial charge is 0.453 e. The first-order chi connectivity index (χ1) is 24.7. The van der Waals surface area contributed by atoms with Gasteiger partial charge >= 0.3 is 0 Å². The molecule has 0 saturated carbocycles. The SMILES string of the molecule is N#Cc1ccc(-c2cc(N3c4ccccc4Oc4ccccc43)c(N3c4ccccc4Oc4ccccc43)cc2-c2ccc(C#N)cc2)cc1. The lowest BCUT2D eigenvalue weighted by Gasteiger charge is -2.39. The highest BCUT2D eigenvalue weighted by Gasteiger charge is 2.33. The van der Waals surface area contributed by atoms with E-state index in [9.17, 15) is 10.5 Å². The van der Waals surface area contributed by atoms with Crippen LogP contribution in [-0.4, -0.2) is 0 Å². The van der Waals surface area contributed by atoms with Crippen molar-refractivity contribution >= 4 is 34.1 Å². The van der Waals surface area contributed by atoms with Crippen LogP contribution in [0.2, 0.25) is 0 Å². The summed E-state index contributed by atoms with van der Waals surface area (Å²) in [5, 5.41) is 19.2. The van der Waals surface area contributed by atoms with Crippen LogP contribution in [0.25, 0.3) is 22.3 Å². The van der Waals surface area contributed by atoms with Gasteiger partial charge < -0.3 is 19.3 Å². The molecule has 234 valence electrons. The lowest BCUT2D eigenvalue weighted by atomic mass is 9.91. The number of hydrogen-bond acceptors (Lipinski definition) is 6. The van der Waals surface area contributed by atoms with Crippen LogP contribution >= 0.6 is 0 Å². The van der Waals surface area contributed by atoms with Gasteiger partial charge in [-0.1, -0.05) is 72.8 Å². The fraction of sp³-hybridized carbons (Fsp3) is 0. The number of para-hydroxylation sites is 8. The summed E-state index contributed by atoms with van der Waals surface area (Å²) in [4.78, 5) is 4.53. The molecule has 0 spiro atoms. The highest BCUT2D eigenvalue weighted by Crippen LogP contribution is 2.58. The molecule has 0 unspecified atom stereocenters. The number of nitriles is 2. The van der Waals surface area contributed by atoms with E-state index in [0.29, 0.717) is 11.1 Å². The van der Waals surface area contributed by atoms with Gasteiger partial charge in [-0.25, -0.2) is 0 Å². The monoisotopic (exact) mass is 642 g/mol. The van der Waals surface area contributed by atoms with Crippen molar-refractivity contribution < 1.29 is 9.47 Å². The normalized spacial score (nSPS) is 12.2. The number of fused-ring (bicyclic) bond motifs is 4. The summed E-state index contributed by atoms with van der Waals surface area (Å²) in [6.45, 7) is 0. The van der Waals surface area contributed by atoms with Crippen LogP contribution in [0, 0.1) is 22.7 Å². The Morgan fingerprint density at radius 3 is 0.960 bits per heavy atom. The second kappa shape index (κ2) is 11.8. The Hall–Kier alpha value is -7.28. The molecular weight excluding hydrogens is 617 g/mol. The first-order valence-corrected chi connectivity index (χ1v) is 16.2. The lowest BCUT2D eigenvalue weighted by molar-refractivity contribution is 0.476. The fourth-order valence-electron chi connectivity index (χ4n) is 6.79. The van der Waals surface area contributed by atoms with Crippen molar-refractivity contribution in [2.24, 2.45) is 0 Å². The minimum absolute atomic E-state index is 0.586. The van der Waals surface area contributed by atoms with Gasteiger partial charge in [0.05, 0.1) is 57.4 Å². The van der Waals surface area contributed by atoms with E-state index in [1.54, 1.807) is 0 Å². The molecule has 7 aromatic carbocycles. The van der Waals surface area contributed by atoms with Crippen molar-refractivity contribution in [2.75, 3.05) is 9.80 Å². The number of rotatable bonds is 4. The molecule has 0 fully saturated rings. The van der Waals surface area contributed by atoms with Crippen molar-refractivity contribution in [3.05, 3.63) is 169 Å². The molecule has 0 saturated heterocycles. The Morgan fingerprint density at radius 2 is 0.660 bits per heavy atom.